The largest absolute Gasteiger partial charge is 0.439 e. The second kappa shape index (κ2) is 6.45. The molecule has 4 aromatic rings. The molecule has 6 nitrogen and oxygen atoms in total. The number of para-hydroxylation sites is 1. The van der Waals surface area contributed by atoms with Crippen molar-refractivity contribution >= 4 is 16.9 Å². The first-order chi connectivity index (χ1) is 12.3. The fourth-order valence-corrected chi connectivity index (χ4v) is 2.35. The van der Waals surface area contributed by atoms with E-state index in [4.69, 9.17) is 9.57 Å². The molecule has 122 valence electrons. The second-order valence-electron chi connectivity index (χ2n) is 5.26. The first kappa shape index (κ1) is 14.9. The lowest BCUT2D eigenvalue weighted by atomic mass is 10.1. The van der Waals surface area contributed by atoms with Gasteiger partial charge in [0.2, 0.25) is 5.88 Å². The highest BCUT2D eigenvalue weighted by Gasteiger charge is 2.10. The molecule has 0 spiro atoms. The van der Waals surface area contributed by atoms with Crippen molar-refractivity contribution in [2.75, 3.05) is 0 Å². The van der Waals surface area contributed by atoms with Crippen molar-refractivity contribution in [3.8, 4) is 11.6 Å². The molecule has 0 N–H and O–H groups in total. The average molecular weight is 331 g/mol. The van der Waals surface area contributed by atoms with E-state index < -0.39 is 5.97 Å². The molecule has 2 aromatic carbocycles. The van der Waals surface area contributed by atoms with Gasteiger partial charge in [0, 0.05) is 11.5 Å². The molecule has 0 aliphatic heterocycles. The van der Waals surface area contributed by atoms with E-state index in [1.807, 2.05) is 36.4 Å². The van der Waals surface area contributed by atoms with Gasteiger partial charge >= 0.3 is 5.97 Å². The molecule has 0 amide bonds. The van der Waals surface area contributed by atoms with E-state index in [1.54, 1.807) is 36.5 Å². The molecular weight excluding hydrogens is 318 g/mol. The van der Waals surface area contributed by atoms with Gasteiger partial charge in [0.1, 0.15) is 5.75 Å². The highest BCUT2D eigenvalue weighted by Crippen LogP contribution is 2.22. The van der Waals surface area contributed by atoms with Crippen LogP contribution >= 0.6 is 0 Å². The summed E-state index contributed by atoms with van der Waals surface area (Å²) in [6, 6.07) is 19.9. The van der Waals surface area contributed by atoms with Crippen molar-refractivity contribution < 1.29 is 14.4 Å². The Hall–Kier alpha value is -3.67. The molecule has 0 saturated carbocycles. The molecule has 6 heteroatoms. The summed E-state index contributed by atoms with van der Waals surface area (Å²) in [6.07, 6.45) is 3.08. The van der Waals surface area contributed by atoms with Crippen LogP contribution in [0.3, 0.4) is 0 Å². The predicted molar refractivity (Wildman–Crippen MR) is 91.4 cm³/mol. The molecule has 0 radical (unpaired) electrons. The Morgan fingerprint density at radius 2 is 1.84 bits per heavy atom. The summed E-state index contributed by atoms with van der Waals surface area (Å²) in [6.45, 7) is 0. The van der Waals surface area contributed by atoms with Gasteiger partial charge in [0.05, 0.1) is 23.5 Å². The zero-order valence-corrected chi connectivity index (χ0v) is 13.1. The monoisotopic (exact) mass is 331 g/mol. The van der Waals surface area contributed by atoms with Gasteiger partial charge in [-0.15, -0.1) is 5.10 Å². The number of carbonyl (C=O) groups is 1. The lowest BCUT2D eigenvalue weighted by molar-refractivity contribution is 0.0395. The van der Waals surface area contributed by atoms with Crippen LogP contribution in [0.1, 0.15) is 10.4 Å². The molecule has 2 aromatic heterocycles. The number of carbonyl (C=O) groups excluding carboxylic acids is 1. The van der Waals surface area contributed by atoms with E-state index in [0.29, 0.717) is 17.2 Å². The molecule has 0 aliphatic rings. The van der Waals surface area contributed by atoms with E-state index in [2.05, 4.69) is 10.1 Å². The predicted octanol–water partition coefficient (Wildman–Crippen LogP) is 3.49. The van der Waals surface area contributed by atoms with Crippen LogP contribution in [0.25, 0.3) is 10.9 Å². The molecule has 0 saturated heterocycles. The van der Waals surface area contributed by atoms with Crippen molar-refractivity contribution in [2.45, 2.75) is 0 Å². The van der Waals surface area contributed by atoms with Crippen molar-refractivity contribution in [1.82, 2.24) is 14.9 Å². The number of rotatable bonds is 4. The smallest absolute Gasteiger partial charge is 0.365 e. The highest BCUT2D eigenvalue weighted by molar-refractivity contribution is 5.94. The Morgan fingerprint density at radius 1 is 0.960 bits per heavy atom. The molecule has 0 fully saturated rings. The van der Waals surface area contributed by atoms with Crippen molar-refractivity contribution in [2.24, 2.45) is 0 Å². The molecule has 25 heavy (non-hydrogen) atoms. The van der Waals surface area contributed by atoms with Crippen LogP contribution in [0.5, 0.6) is 11.6 Å². The number of fused-ring (bicyclic) bond motifs is 1. The van der Waals surface area contributed by atoms with Crippen LogP contribution in [0.2, 0.25) is 0 Å². The van der Waals surface area contributed by atoms with Gasteiger partial charge in [-0.05, 0) is 42.5 Å². The van der Waals surface area contributed by atoms with Gasteiger partial charge in [-0.25, -0.2) is 9.78 Å². The summed E-state index contributed by atoms with van der Waals surface area (Å²) in [5.41, 5.74) is 1.14. The molecule has 0 bridgehead atoms. The van der Waals surface area contributed by atoms with Gasteiger partial charge < -0.3 is 9.57 Å². The lowest BCUT2D eigenvalue weighted by Gasteiger charge is -2.07. The summed E-state index contributed by atoms with van der Waals surface area (Å²) in [4.78, 5) is 22.8. The van der Waals surface area contributed by atoms with Crippen LogP contribution in [-0.2, 0) is 0 Å². The third-order valence-corrected chi connectivity index (χ3v) is 3.52. The number of hydrogen-bond donors (Lipinski definition) is 0. The maximum absolute atomic E-state index is 12.1. The minimum atomic E-state index is -0.491. The maximum atomic E-state index is 12.1. The Bertz CT molecular complexity index is 1010. The van der Waals surface area contributed by atoms with Gasteiger partial charge in [-0.2, -0.15) is 0 Å². The van der Waals surface area contributed by atoms with Gasteiger partial charge in [-0.3, -0.25) is 0 Å². The minimum absolute atomic E-state index is 0.418. The average Bonchev–Trinajstić information content (AvgIpc) is 3.15. The number of aromatic nitrogens is 3. The lowest BCUT2D eigenvalue weighted by Crippen LogP contribution is -2.20. The number of hydrogen-bond acceptors (Lipinski definition) is 5. The number of nitrogens with zero attached hydrogens (tertiary/aromatic N) is 3. The zero-order valence-electron chi connectivity index (χ0n) is 13.1. The number of benzene rings is 2. The summed E-state index contributed by atoms with van der Waals surface area (Å²) >= 11 is 0. The summed E-state index contributed by atoms with van der Waals surface area (Å²) in [5, 5.41) is 4.66. The molecule has 0 aliphatic carbocycles. The number of pyridine rings is 1. The van der Waals surface area contributed by atoms with Gasteiger partial charge in [0.25, 0.3) is 0 Å². The van der Waals surface area contributed by atoms with Crippen molar-refractivity contribution in [3.05, 3.63) is 84.7 Å². The molecule has 2 heterocycles. The van der Waals surface area contributed by atoms with Crippen molar-refractivity contribution in [3.63, 3.8) is 0 Å². The van der Waals surface area contributed by atoms with Crippen LogP contribution < -0.4 is 9.57 Å². The molecule has 0 atom stereocenters. The van der Waals surface area contributed by atoms with Gasteiger partial charge in [0.15, 0.2) is 0 Å². The molecule has 4 rings (SSSR count). The Kier molecular flexibility index (Phi) is 3.84. The SMILES string of the molecule is O=C(On1cccn1)c1ccc2nc(Oc3ccccc3)ccc2c1. The zero-order chi connectivity index (χ0) is 17.1. The first-order valence-corrected chi connectivity index (χ1v) is 7.64. The third kappa shape index (κ3) is 3.32. The second-order valence-corrected chi connectivity index (χ2v) is 5.26. The van der Waals surface area contributed by atoms with E-state index in [0.717, 1.165) is 15.7 Å². The third-order valence-electron chi connectivity index (χ3n) is 3.52. The maximum Gasteiger partial charge on any atom is 0.365 e. The first-order valence-electron chi connectivity index (χ1n) is 7.64. The van der Waals surface area contributed by atoms with Crippen LogP contribution in [0.15, 0.2) is 79.1 Å². The summed E-state index contributed by atoms with van der Waals surface area (Å²) in [7, 11) is 0. The summed E-state index contributed by atoms with van der Waals surface area (Å²) in [5.74, 6) is 0.717. The molecule has 0 unspecified atom stereocenters. The van der Waals surface area contributed by atoms with Gasteiger partial charge in [-0.1, -0.05) is 23.0 Å². The van der Waals surface area contributed by atoms with E-state index in [9.17, 15) is 4.79 Å². The Morgan fingerprint density at radius 3 is 2.64 bits per heavy atom. The van der Waals surface area contributed by atoms with E-state index in [1.165, 1.54) is 6.20 Å². The Balaban J connectivity index is 1.57. The Labute approximate surface area is 143 Å². The van der Waals surface area contributed by atoms with Crippen LogP contribution in [0, 0.1) is 0 Å². The van der Waals surface area contributed by atoms with Crippen LogP contribution in [0.4, 0.5) is 0 Å². The standard InChI is InChI=1S/C19H13N3O3/c23-19(25-22-12-4-11-20-22)15-7-9-17-14(13-15)8-10-18(21-17)24-16-5-2-1-3-6-16/h1-13H. The number of ether oxygens (including phenoxy) is 1. The fraction of sp³-hybridized carbons (Fsp3) is 0. The quantitative estimate of drug-likeness (QED) is 0.573. The fourth-order valence-electron chi connectivity index (χ4n) is 2.35. The molecular formula is C19H13N3O3. The van der Waals surface area contributed by atoms with E-state index >= 15 is 0 Å². The summed E-state index contributed by atoms with van der Waals surface area (Å²) < 4.78 is 5.72. The normalized spacial score (nSPS) is 10.6. The van der Waals surface area contributed by atoms with E-state index in [-0.39, 0.29) is 0 Å². The topological polar surface area (TPSA) is 66.2 Å². The van der Waals surface area contributed by atoms with Crippen LogP contribution in [-0.4, -0.2) is 20.9 Å². The minimum Gasteiger partial charge on any atom is -0.439 e. The highest BCUT2D eigenvalue weighted by atomic mass is 16.7. The van der Waals surface area contributed by atoms with Crippen molar-refractivity contribution in [1.29, 1.82) is 0 Å².